The lowest BCUT2D eigenvalue weighted by Crippen LogP contribution is -2.42. The van der Waals surface area contributed by atoms with Gasteiger partial charge in [-0.1, -0.05) is 12.1 Å². The van der Waals surface area contributed by atoms with Crippen molar-refractivity contribution in [1.82, 2.24) is 4.90 Å². The van der Waals surface area contributed by atoms with Crippen molar-refractivity contribution in [3.05, 3.63) is 29.3 Å². The van der Waals surface area contributed by atoms with Crippen molar-refractivity contribution < 1.29 is 19.8 Å². The van der Waals surface area contributed by atoms with E-state index >= 15 is 0 Å². The molecule has 0 saturated heterocycles. The summed E-state index contributed by atoms with van der Waals surface area (Å²) in [7, 11) is 0. The van der Waals surface area contributed by atoms with Gasteiger partial charge in [-0.2, -0.15) is 0 Å². The van der Waals surface area contributed by atoms with Gasteiger partial charge >= 0.3 is 12.0 Å². The third-order valence-corrected chi connectivity index (χ3v) is 2.96. The van der Waals surface area contributed by atoms with E-state index < -0.39 is 12.0 Å². The molecule has 1 aromatic rings. The lowest BCUT2D eigenvalue weighted by atomic mass is 10.1. The van der Waals surface area contributed by atoms with Crippen LogP contribution in [0.1, 0.15) is 29.8 Å². The number of rotatable bonds is 5. The van der Waals surface area contributed by atoms with Crippen LogP contribution in [0.15, 0.2) is 18.2 Å². The predicted octanol–water partition coefficient (Wildman–Crippen LogP) is 1.93. The molecule has 6 heteroatoms. The Morgan fingerprint density at radius 1 is 1.35 bits per heavy atom. The minimum Gasteiger partial charge on any atom is -0.478 e. The molecule has 2 amide bonds. The Bertz CT molecular complexity index is 500. The van der Waals surface area contributed by atoms with Gasteiger partial charge in [0.05, 0.1) is 17.9 Å². The number of aryl methyl sites for hydroxylation is 1. The molecule has 1 aromatic carbocycles. The van der Waals surface area contributed by atoms with Crippen molar-refractivity contribution >= 4 is 17.7 Å². The first kappa shape index (κ1) is 16.0. The Balaban J connectivity index is 3.03. The molecular weight excluding hydrogens is 260 g/mol. The Morgan fingerprint density at radius 3 is 2.50 bits per heavy atom. The number of aliphatic hydroxyl groups is 1. The Hall–Kier alpha value is -2.08. The van der Waals surface area contributed by atoms with Crippen LogP contribution >= 0.6 is 0 Å². The number of aromatic carboxylic acids is 1. The molecule has 0 aliphatic rings. The van der Waals surface area contributed by atoms with E-state index in [4.69, 9.17) is 10.2 Å². The number of carboxylic acids is 1. The van der Waals surface area contributed by atoms with Crippen molar-refractivity contribution in [1.29, 1.82) is 0 Å². The van der Waals surface area contributed by atoms with Crippen LogP contribution in [0.4, 0.5) is 10.5 Å². The van der Waals surface area contributed by atoms with Crippen LogP contribution in [0, 0.1) is 6.92 Å². The molecule has 0 atom stereocenters. The van der Waals surface area contributed by atoms with Crippen LogP contribution in [0.5, 0.6) is 0 Å². The number of benzene rings is 1. The highest BCUT2D eigenvalue weighted by Crippen LogP contribution is 2.21. The second kappa shape index (κ2) is 6.91. The molecule has 1 rings (SSSR count). The molecule has 0 aliphatic carbocycles. The van der Waals surface area contributed by atoms with Crippen LogP contribution in [-0.4, -0.2) is 46.3 Å². The molecular formula is C14H20N2O4. The average molecular weight is 280 g/mol. The molecule has 0 unspecified atom stereocenters. The monoisotopic (exact) mass is 280 g/mol. The lowest BCUT2D eigenvalue weighted by molar-refractivity contribution is 0.0698. The third-order valence-electron chi connectivity index (χ3n) is 2.96. The zero-order chi connectivity index (χ0) is 15.3. The summed E-state index contributed by atoms with van der Waals surface area (Å²) in [5.41, 5.74) is 1.01. The molecule has 0 fully saturated rings. The first-order chi connectivity index (χ1) is 9.38. The number of hydrogen-bond donors (Lipinski definition) is 3. The summed E-state index contributed by atoms with van der Waals surface area (Å²) in [5, 5.41) is 20.8. The summed E-state index contributed by atoms with van der Waals surface area (Å²) in [5.74, 6) is -1.10. The van der Waals surface area contributed by atoms with Gasteiger partial charge in [-0.25, -0.2) is 9.59 Å². The standard InChI is InChI=1S/C14H20N2O4/c1-9(2)16(7-8-17)14(20)15-12-10(3)5-4-6-11(12)13(18)19/h4-6,9,17H,7-8H2,1-3H3,(H,15,20)(H,18,19). The maximum absolute atomic E-state index is 12.2. The summed E-state index contributed by atoms with van der Waals surface area (Å²) in [6.45, 7) is 5.42. The van der Waals surface area contributed by atoms with Crippen molar-refractivity contribution in [2.45, 2.75) is 26.8 Å². The number of nitrogens with one attached hydrogen (secondary N) is 1. The van der Waals surface area contributed by atoms with E-state index in [2.05, 4.69) is 5.32 Å². The molecule has 3 N–H and O–H groups in total. The van der Waals surface area contributed by atoms with E-state index in [9.17, 15) is 9.59 Å². The van der Waals surface area contributed by atoms with Crippen LogP contribution in [0.3, 0.4) is 0 Å². The van der Waals surface area contributed by atoms with Crippen LogP contribution < -0.4 is 5.32 Å². The summed E-state index contributed by atoms with van der Waals surface area (Å²) in [6.07, 6.45) is 0. The highest BCUT2D eigenvalue weighted by molar-refractivity contribution is 6.01. The van der Waals surface area contributed by atoms with Gasteiger partial charge in [0.2, 0.25) is 0 Å². The van der Waals surface area contributed by atoms with Crippen molar-refractivity contribution in [3.63, 3.8) is 0 Å². The summed E-state index contributed by atoms with van der Waals surface area (Å²) in [4.78, 5) is 24.8. The number of carbonyl (C=O) groups excluding carboxylic acids is 1. The largest absolute Gasteiger partial charge is 0.478 e. The van der Waals surface area contributed by atoms with Gasteiger partial charge in [-0.15, -0.1) is 0 Å². The average Bonchev–Trinajstić information content (AvgIpc) is 2.37. The number of carbonyl (C=O) groups is 2. The topological polar surface area (TPSA) is 89.9 Å². The number of anilines is 1. The molecule has 0 aromatic heterocycles. The molecule has 0 heterocycles. The lowest BCUT2D eigenvalue weighted by Gasteiger charge is -2.26. The number of nitrogens with zero attached hydrogens (tertiary/aromatic N) is 1. The molecule has 20 heavy (non-hydrogen) atoms. The van der Waals surface area contributed by atoms with Crippen molar-refractivity contribution in [2.75, 3.05) is 18.5 Å². The molecule has 0 saturated carbocycles. The quantitative estimate of drug-likeness (QED) is 0.768. The second-order valence-corrected chi connectivity index (χ2v) is 4.74. The molecule has 0 spiro atoms. The summed E-state index contributed by atoms with van der Waals surface area (Å²) in [6, 6.07) is 4.28. The fourth-order valence-electron chi connectivity index (χ4n) is 1.89. The van der Waals surface area contributed by atoms with Crippen molar-refractivity contribution in [3.8, 4) is 0 Å². The highest BCUT2D eigenvalue weighted by atomic mass is 16.4. The number of para-hydroxylation sites is 1. The minimum atomic E-state index is -1.10. The van der Waals surface area contributed by atoms with E-state index in [-0.39, 0.29) is 30.4 Å². The first-order valence-corrected chi connectivity index (χ1v) is 6.39. The van der Waals surface area contributed by atoms with E-state index in [1.165, 1.54) is 11.0 Å². The van der Waals surface area contributed by atoms with Gasteiger partial charge in [-0.05, 0) is 32.4 Å². The van der Waals surface area contributed by atoms with E-state index in [1.54, 1.807) is 19.1 Å². The SMILES string of the molecule is Cc1cccc(C(=O)O)c1NC(=O)N(CCO)C(C)C. The number of urea groups is 1. The highest BCUT2D eigenvalue weighted by Gasteiger charge is 2.20. The Morgan fingerprint density at radius 2 is 2.00 bits per heavy atom. The van der Waals surface area contributed by atoms with Gasteiger partial charge in [0.25, 0.3) is 0 Å². The van der Waals surface area contributed by atoms with Gasteiger partial charge in [0.15, 0.2) is 0 Å². The maximum Gasteiger partial charge on any atom is 0.337 e. The van der Waals surface area contributed by atoms with Crippen molar-refractivity contribution in [2.24, 2.45) is 0 Å². The van der Waals surface area contributed by atoms with Crippen LogP contribution in [0.25, 0.3) is 0 Å². The Labute approximate surface area is 118 Å². The fraction of sp³-hybridized carbons (Fsp3) is 0.429. The van der Waals surface area contributed by atoms with Crippen LogP contribution in [0.2, 0.25) is 0 Å². The molecule has 0 radical (unpaired) electrons. The minimum absolute atomic E-state index is 0.0473. The third kappa shape index (κ3) is 3.71. The van der Waals surface area contributed by atoms with Gasteiger partial charge < -0.3 is 20.4 Å². The van der Waals surface area contributed by atoms with Gasteiger partial charge in [0, 0.05) is 12.6 Å². The molecule has 6 nitrogen and oxygen atoms in total. The zero-order valence-corrected chi connectivity index (χ0v) is 11.9. The normalized spacial score (nSPS) is 10.4. The van der Waals surface area contributed by atoms with Gasteiger partial charge in [-0.3, -0.25) is 0 Å². The molecule has 110 valence electrons. The number of carboxylic acid groups (broad SMARTS) is 1. The van der Waals surface area contributed by atoms with E-state index in [0.29, 0.717) is 5.56 Å². The Kier molecular flexibility index (Phi) is 5.52. The number of amides is 2. The van der Waals surface area contributed by atoms with Crippen LogP contribution in [-0.2, 0) is 0 Å². The fourth-order valence-corrected chi connectivity index (χ4v) is 1.89. The smallest absolute Gasteiger partial charge is 0.337 e. The number of aliphatic hydroxyl groups excluding tert-OH is 1. The van der Waals surface area contributed by atoms with E-state index in [0.717, 1.165) is 0 Å². The molecule has 0 bridgehead atoms. The van der Waals surface area contributed by atoms with E-state index in [1.807, 2.05) is 13.8 Å². The zero-order valence-electron chi connectivity index (χ0n) is 11.9. The van der Waals surface area contributed by atoms with Gasteiger partial charge in [0.1, 0.15) is 0 Å². The number of hydrogen-bond acceptors (Lipinski definition) is 3. The predicted molar refractivity (Wildman–Crippen MR) is 76.1 cm³/mol. The maximum atomic E-state index is 12.2. The summed E-state index contributed by atoms with van der Waals surface area (Å²) >= 11 is 0. The first-order valence-electron chi connectivity index (χ1n) is 6.39. The molecule has 0 aliphatic heterocycles. The summed E-state index contributed by atoms with van der Waals surface area (Å²) < 4.78 is 0. The second-order valence-electron chi connectivity index (χ2n) is 4.74.